The van der Waals surface area contributed by atoms with E-state index in [1.807, 2.05) is 37.3 Å². The van der Waals surface area contributed by atoms with Crippen molar-refractivity contribution in [2.24, 2.45) is 0 Å². The van der Waals surface area contributed by atoms with Crippen LogP contribution in [-0.4, -0.2) is 52.1 Å². The Morgan fingerprint density at radius 3 is 2.63 bits per heavy atom. The van der Waals surface area contributed by atoms with Gasteiger partial charge < -0.3 is 14.7 Å². The van der Waals surface area contributed by atoms with Crippen LogP contribution in [0.25, 0.3) is 5.69 Å². The Morgan fingerprint density at radius 1 is 1.33 bits per heavy atom. The van der Waals surface area contributed by atoms with Crippen molar-refractivity contribution in [3.05, 3.63) is 36.0 Å². The van der Waals surface area contributed by atoms with Crippen molar-refractivity contribution < 1.29 is 14.6 Å². The van der Waals surface area contributed by atoms with E-state index in [0.29, 0.717) is 18.8 Å². The topological polar surface area (TPSA) is 79.6 Å². The SMILES string of the molecule is COc1ccc(-n2nc(C)cc2NC(=O)N(C)CCC2(O)CCCC2)cc1. The third-order valence-electron chi connectivity index (χ3n) is 5.18. The van der Waals surface area contributed by atoms with Crippen LogP contribution in [0.15, 0.2) is 30.3 Å². The lowest BCUT2D eigenvalue weighted by atomic mass is 9.98. The summed E-state index contributed by atoms with van der Waals surface area (Å²) in [6.45, 7) is 2.40. The summed E-state index contributed by atoms with van der Waals surface area (Å²) in [5.41, 5.74) is 1.03. The number of ether oxygens (including phenoxy) is 1. The normalized spacial score (nSPS) is 15.6. The summed E-state index contributed by atoms with van der Waals surface area (Å²) in [6, 6.07) is 9.10. The van der Waals surface area contributed by atoms with Gasteiger partial charge in [-0.3, -0.25) is 5.32 Å². The number of anilines is 1. The molecule has 146 valence electrons. The van der Waals surface area contributed by atoms with Gasteiger partial charge in [-0.15, -0.1) is 0 Å². The highest BCUT2D eigenvalue weighted by molar-refractivity contribution is 5.88. The highest BCUT2D eigenvalue weighted by Crippen LogP contribution is 2.32. The van der Waals surface area contributed by atoms with Crippen molar-refractivity contribution in [1.82, 2.24) is 14.7 Å². The van der Waals surface area contributed by atoms with E-state index < -0.39 is 5.60 Å². The number of nitrogens with one attached hydrogen (secondary N) is 1. The smallest absolute Gasteiger partial charge is 0.322 e. The molecule has 0 radical (unpaired) electrons. The predicted octanol–water partition coefficient (Wildman–Crippen LogP) is 3.35. The molecule has 3 rings (SSSR count). The molecule has 1 aliphatic rings. The van der Waals surface area contributed by atoms with Gasteiger partial charge in [-0.05, 0) is 50.5 Å². The number of aromatic nitrogens is 2. The molecule has 7 heteroatoms. The minimum absolute atomic E-state index is 0.216. The van der Waals surface area contributed by atoms with Gasteiger partial charge in [-0.1, -0.05) is 12.8 Å². The fraction of sp³-hybridized carbons (Fsp3) is 0.500. The summed E-state index contributed by atoms with van der Waals surface area (Å²) >= 11 is 0. The first-order valence-electron chi connectivity index (χ1n) is 9.36. The van der Waals surface area contributed by atoms with Crippen LogP contribution in [0, 0.1) is 6.92 Å². The van der Waals surface area contributed by atoms with Crippen LogP contribution in [0.4, 0.5) is 10.6 Å². The van der Waals surface area contributed by atoms with E-state index in [4.69, 9.17) is 4.74 Å². The summed E-state index contributed by atoms with van der Waals surface area (Å²) in [5, 5.41) is 17.9. The van der Waals surface area contributed by atoms with Crippen molar-refractivity contribution in [2.45, 2.75) is 44.6 Å². The van der Waals surface area contributed by atoms with E-state index in [-0.39, 0.29) is 6.03 Å². The van der Waals surface area contributed by atoms with E-state index >= 15 is 0 Å². The molecule has 1 aromatic heterocycles. The molecule has 1 aliphatic carbocycles. The first-order valence-corrected chi connectivity index (χ1v) is 9.36. The zero-order valence-electron chi connectivity index (χ0n) is 16.2. The molecule has 2 N–H and O–H groups in total. The lowest BCUT2D eigenvalue weighted by Gasteiger charge is -2.26. The number of methoxy groups -OCH3 is 1. The number of nitrogens with zero attached hydrogens (tertiary/aromatic N) is 3. The molecule has 2 aromatic rings. The minimum Gasteiger partial charge on any atom is -0.497 e. The van der Waals surface area contributed by atoms with E-state index in [9.17, 15) is 9.90 Å². The maximum Gasteiger partial charge on any atom is 0.322 e. The zero-order valence-corrected chi connectivity index (χ0v) is 16.2. The quantitative estimate of drug-likeness (QED) is 0.815. The minimum atomic E-state index is -0.615. The van der Waals surface area contributed by atoms with Crippen molar-refractivity contribution in [3.63, 3.8) is 0 Å². The highest BCUT2D eigenvalue weighted by Gasteiger charge is 2.31. The lowest BCUT2D eigenvalue weighted by molar-refractivity contribution is 0.0335. The van der Waals surface area contributed by atoms with E-state index in [0.717, 1.165) is 42.8 Å². The number of carbonyl (C=O) groups excluding carboxylic acids is 1. The lowest BCUT2D eigenvalue weighted by Crippen LogP contribution is -2.37. The first kappa shape index (κ1) is 19.2. The van der Waals surface area contributed by atoms with Crippen LogP contribution >= 0.6 is 0 Å². The fourth-order valence-corrected chi connectivity index (χ4v) is 3.47. The number of amides is 2. The summed E-state index contributed by atoms with van der Waals surface area (Å²) in [7, 11) is 3.37. The molecule has 1 aromatic carbocycles. The fourth-order valence-electron chi connectivity index (χ4n) is 3.47. The number of carbonyl (C=O) groups is 1. The van der Waals surface area contributed by atoms with Gasteiger partial charge >= 0.3 is 6.03 Å². The summed E-state index contributed by atoms with van der Waals surface area (Å²) < 4.78 is 6.89. The second-order valence-electron chi connectivity index (χ2n) is 7.31. The van der Waals surface area contributed by atoms with Crippen LogP contribution in [0.5, 0.6) is 5.75 Å². The Kier molecular flexibility index (Phi) is 5.70. The van der Waals surface area contributed by atoms with Crippen molar-refractivity contribution in [3.8, 4) is 11.4 Å². The van der Waals surface area contributed by atoms with Crippen LogP contribution in [0.3, 0.4) is 0 Å². The van der Waals surface area contributed by atoms with Gasteiger partial charge in [0, 0.05) is 19.7 Å². The molecule has 1 heterocycles. The molecule has 1 fully saturated rings. The second-order valence-corrected chi connectivity index (χ2v) is 7.31. The molecule has 0 atom stereocenters. The van der Waals surface area contributed by atoms with Crippen LogP contribution in [0.1, 0.15) is 37.8 Å². The number of hydrogen-bond donors (Lipinski definition) is 2. The van der Waals surface area contributed by atoms with Crippen LogP contribution < -0.4 is 10.1 Å². The molecule has 1 saturated carbocycles. The average molecular weight is 372 g/mol. The Labute approximate surface area is 159 Å². The number of rotatable bonds is 6. The number of aliphatic hydroxyl groups is 1. The summed E-state index contributed by atoms with van der Waals surface area (Å²) in [6.07, 6.45) is 4.38. The second kappa shape index (κ2) is 8.00. The van der Waals surface area contributed by atoms with E-state index in [1.54, 1.807) is 23.7 Å². The standard InChI is InChI=1S/C20H28N4O3/c1-15-14-18(24(22-15)16-6-8-17(27-3)9-7-16)21-19(25)23(2)13-12-20(26)10-4-5-11-20/h6-9,14,26H,4-5,10-13H2,1-3H3,(H,21,25). The number of urea groups is 1. The molecule has 2 amide bonds. The van der Waals surface area contributed by atoms with Gasteiger partial charge in [-0.25, -0.2) is 9.48 Å². The van der Waals surface area contributed by atoms with Crippen molar-refractivity contribution in [1.29, 1.82) is 0 Å². The van der Waals surface area contributed by atoms with Crippen LogP contribution in [-0.2, 0) is 0 Å². The maximum atomic E-state index is 12.6. The van der Waals surface area contributed by atoms with Crippen molar-refractivity contribution >= 4 is 11.8 Å². The Morgan fingerprint density at radius 2 is 2.00 bits per heavy atom. The number of hydrogen-bond acceptors (Lipinski definition) is 4. The molecule has 0 bridgehead atoms. The molecule has 27 heavy (non-hydrogen) atoms. The van der Waals surface area contributed by atoms with Crippen molar-refractivity contribution in [2.75, 3.05) is 26.0 Å². The van der Waals surface area contributed by atoms with E-state index in [2.05, 4.69) is 10.4 Å². The zero-order chi connectivity index (χ0) is 19.4. The Balaban J connectivity index is 1.66. The number of aryl methyl sites for hydroxylation is 1. The third kappa shape index (κ3) is 4.60. The monoisotopic (exact) mass is 372 g/mol. The number of benzene rings is 1. The largest absolute Gasteiger partial charge is 0.497 e. The molecule has 0 aliphatic heterocycles. The summed E-state index contributed by atoms with van der Waals surface area (Å²) in [5.74, 6) is 1.37. The molecular weight excluding hydrogens is 344 g/mol. The van der Waals surface area contributed by atoms with Gasteiger partial charge in [0.25, 0.3) is 0 Å². The predicted molar refractivity (Wildman–Crippen MR) is 105 cm³/mol. The van der Waals surface area contributed by atoms with Crippen LogP contribution in [0.2, 0.25) is 0 Å². The average Bonchev–Trinajstić information content (AvgIpc) is 3.26. The Hall–Kier alpha value is -2.54. The van der Waals surface area contributed by atoms with Gasteiger partial charge in [0.2, 0.25) is 0 Å². The molecular formula is C20H28N4O3. The first-order chi connectivity index (χ1) is 12.9. The van der Waals surface area contributed by atoms with E-state index in [1.165, 1.54) is 0 Å². The molecule has 0 saturated heterocycles. The maximum absolute atomic E-state index is 12.6. The van der Waals surface area contributed by atoms with Gasteiger partial charge in [0.1, 0.15) is 11.6 Å². The highest BCUT2D eigenvalue weighted by atomic mass is 16.5. The summed E-state index contributed by atoms with van der Waals surface area (Å²) in [4.78, 5) is 14.2. The third-order valence-corrected chi connectivity index (χ3v) is 5.18. The van der Waals surface area contributed by atoms with Gasteiger partial charge in [-0.2, -0.15) is 5.10 Å². The Bertz CT molecular complexity index is 779. The van der Waals surface area contributed by atoms with Gasteiger partial charge in [0.15, 0.2) is 0 Å². The molecule has 0 spiro atoms. The molecule has 0 unspecified atom stereocenters. The molecule has 7 nitrogen and oxygen atoms in total. The van der Waals surface area contributed by atoms with Gasteiger partial charge in [0.05, 0.1) is 24.1 Å².